The van der Waals surface area contributed by atoms with Crippen LogP contribution in [0, 0.1) is 0 Å². The van der Waals surface area contributed by atoms with E-state index in [0.29, 0.717) is 10.0 Å². The number of rotatable bonds is 2. The van der Waals surface area contributed by atoms with E-state index in [-0.39, 0.29) is 12.3 Å². The zero-order chi connectivity index (χ0) is 10.8. The zero-order valence-corrected chi connectivity index (χ0v) is 11.1. The highest BCUT2D eigenvalue weighted by Gasteiger charge is 2.38. The standard InChI is InChI=1S/C10H17IN2O2/c1-2-8-7(11)6-9(15-8)13-5-3-4-12-10(13)14/h7-9H,2-6H2,1H3,(H,12,14)/t7?,8-,9-/m1/s1. The Balaban J connectivity index is 1.96. The molecular formula is C10H17IN2O2. The van der Waals surface area contributed by atoms with E-state index in [2.05, 4.69) is 34.8 Å². The van der Waals surface area contributed by atoms with Gasteiger partial charge in [0.15, 0.2) is 0 Å². The molecular weight excluding hydrogens is 307 g/mol. The Morgan fingerprint density at radius 3 is 3.07 bits per heavy atom. The van der Waals surface area contributed by atoms with Crippen LogP contribution in [0.1, 0.15) is 26.2 Å². The minimum absolute atomic E-state index is 0.00264. The van der Waals surface area contributed by atoms with Gasteiger partial charge in [-0.1, -0.05) is 29.5 Å². The topological polar surface area (TPSA) is 41.6 Å². The van der Waals surface area contributed by atoms with Crippen molar-refractivity contribution in [3.8, 4) is 0 Å². The van der Waals surface area contributed by atoms with Gasteiger partial charge in [0.05, 0.1) is 6.10 Å². The Morgan fingerprint density at radius 1 is 1.67 bits per heavy atom. The van der Waals surface area contributed by atoms with E-state index < -0.39 is 0 Å². The van der Waals surface area contributed by atoms with Crippen LogP contribution in [0.4, 0.5) is 4.79 Å². The molecule has 2 aliphatic rings. The van der Waals surface area contributed by atoms with Crippen LogP contribution in [-0.4, -0.2) is 40.3 Å². The van der Waals surface area contributed by atoms with Crippen LogP contribution in [0.5, 0.6) is 0 Å². The van der Waals surface area contributed by atoms with Crippen LogP contribution in [0.2, 0.25) is 0 Å². The predicted molar refractivity (Wildman–Crippen MR) is 66.1 cm³/mol. The van der Waals surface area contributed by atoms with Crippen LogP contribution in [0.3, 0.4) is 0 Å². The lowest BCUT2D eigenvalue weighted by Gasteiger charge is -2.32. The molecule has 0 saturated carbocycles. The summed E-state index contributed by atoms with van der Waals surface area (Å²) in [4.78, 5) is 13.5. The second-order valence-corrected chi connectivity index (χ2v) is 5.67. The molecule has 1 N–H and O–H groups in total. The van der Waals surface area contributed by atoms with Crippen molar-refractivity contribution in [1.82, 2.24) is 10.2 Å². The number of alkyl halides is 1. The molecule has 86 valence electrons. The Kier molecular flexibility index (Phi) is 3.71. The van der Waals surface area contributed by atoms with Gasteiger partial charge in [0.2, 0.25) is 0 Å². The van der Waals surface area contributed by atoms with E-state index in [1.807, 2.05) is 4.90 Å². The van der Waals surface area contributed by atoms with Gasteiger partial charge < -0.3 is 10.1 Å². The number of nitrogens with one attached hydrogen (secondary N) is 1. The first-order valence-corrected chi connectivity index (χ1v) is 6.81. The first kappa shape index (κ1) is 11.4. The maximum atomic E-state index is 11.6. The van der Waals surface area contributed by atoms with Crippen molar-refractivity contribution >= 4 is 28.6 Å². The van der Waals surface area contributed by atoms with Crippen LogP contribution in [0.25, 0.3) is 0 Å². The van der Waals surface area contributed by atoms with Crippen molar-refractivity contribution in [1.29, 1.82) is 0 Å². The van der Waals surface area contributed by atoms with Gasteiger partial charge in [-0.2, -0.15) is 0 Å². The number of carbonyl (C=O) groups excluding carboxylic acids is 1. The number of ether oxygens (including phenoxy) is 1. The predicted octanol–water partition coefficient (Wildman–Crippen LogP) is 1.73. The molecule has 4 nitrogen and oxygen atoms in total. The smallest absolute Gasteiger partial charge is 0.319 e. The Hall–Kier alpha value is -0.0400. The van der Waals surface area contributed by atoms with Crippen molar-refractivity contribution in [2.24, 2.45) is 0 Å². The monoisotopic (exact) mass is 324 g/mol. The van der Waals surface area contributed by atoms with Gasteiger partial charge in [0.1, 0.15) is 6.23 Å². The highest BCUT2D eigenvalue weighted by molar-refractivity contribution is 14.1. The van der Waals surface area contributed by atoms with Gasteiger partial charge in [0.25, 0.3) is 0 Å². The van der Waals surface area contributed by atoms with Crippen molar-refractivity contribution in [2.75, 3.05) is 13.1 Å². The number of amides is 2. The Labute approximate surface area is 104 Å². The molecule has 15 heavy (non-hydrogen) atoms. The number of hydrogen-bond donors (Lipinski definition) is 1. The third kappa shape index (κ3) is 2.38. The first-order valence-electron chi connectivity index (χ1n) is 5.56. The number of urea groups is 1. The lowest BCUT2D eigenvalue weighted by Crippen LogP contribution is -2.51. The summed E-state index contributed by atoms with van der Waals surface area (Å²) in [5.74, 6) is 0. The van der Waals surface area contributed by atoms with Crippen LogP contribution < -0.4 is 5.32 Å². The summed E-state index contributed by atoms with van der Waals surface area (Å²) in [6, 6.07) is 0.0339. The van der Waals surface area contributed by atoms with Crippen molar-refractivity contribution in [3.63, 3.8) is 0 Å². The number of carbonyl (C=O) groups is 1. The molecule has 0 aliphatic carbocycles. The van der Waals surface area contributed by atoms with Gasteiger partial charge in [-0.05, 0) is 12.8 Å². The summed E-state index contributed by atoms with van der Waals surface area (Å²) in [5, 5.41) is 2.86. The molecule has 0 radical (unpaired) electrons. The maximum absolute atomic E-state index is 11.6. The quantitative estimate of drug-likeness (QED) is 0.621. The molecule has 2 rings (SSSR count). The highest BCUT2D eigenvalue weighted by Crippen LogP contribution is 2.31. The first-order chi connectivity index (χ1) is 7.22. The molecule has 0 bridgehead atoms. The fraction of sp³-hybridized carbons (Fsp3) is 0.900. The second kappa shape index (κ2) is 4.86. The summed E-state index contributed by atoms with van der Waals surface area (Å²) in [6.45, 7) is 3.76. The maximum Gasteiger partial charge on any atom is 0.319 e. The Bertz CT molecular complexity index is 250. The molecule has 2 heterocycles. The average Bonchev–Trinajstić information content (AvgIpc) is 2.60. The number of halogens is 1. The molecule has 2 fully saturated rings. The lowest BCUT2D eigenvalue weighted by atomic mass is 10.2. The van der Waals surface area contributed by atoms with E-state index in [9.17, 15) is 4.79 Å². The van der Waals surface area contributed by atoms with Gasteiger partial charge in [0, 0.05) is 23.4 Å². The fourth-order valence-electron chi connectivity index (χ4n) is 2.16. The molecule has 1 unspecified atom stereocenters. The summed E-state index contributed by atoms with van der Waals surface area (Å²) in [5.41, 5.74) is 0. The number of hydrogen-bond acceptors (Lipinski definition) is 2. The van der Waals surface area contributed by atoms with E-state index >= 15 is 0 Å². The third-order valence-electron chi connectivity index (χ3n) is 3.02. The van der Waals surface area contributed by atoms with Crippen molar-refractivity contribution in [2.45, 2.75) is 42.4 Å². The van der Waals surface area contributed by atoms with Crippen LogP contribution >= 0.6 is 22.6 Å². The Morgan fingerprint density at radius 2 is 2.47 bits per heavy atom. The molecule has 2 amide bonds. The largest absolute Gasteiger partial charge is 0.354 e. The van der Waals surface area contributed by atoms with Gasteiger partial charge in [-0.25, -0.2) is 4.79 Å². The zero-order valence-electron chi connectivity index (χ0n) is 8.91. The summed E-state index contributed by atoms with van der Waals surface area (Å²) >= 11 is 2.43. The molecule has 3 atom stereocenters. The highest BCUT2D eigenvalue weighted by atomic mass is 127. The van der Waals surface area contributed by atoms with Gasteiger partial charge in [-0.15, -0.1) is 0 Å². The average molecular weight is 324 g/mol. The normalized spacial score (nSPS) is 36.8. The molecule has 0 spiro atoms. The fourth-order valence-corrected chi connectivity index (χ4v) is 3.28. The molecule has 2 saturated heterocycles. The summed E-state index contributed by atoms with van der Waals surface area (Å²) < 4.78 is 6.42. The second-order valence-electron chi connectivity index (χ2n) is 4.07. The van der Waals surface area contributed by atoms with Crippen molar-refractivity contribution in [3.05, 3.63) is 0 Å². The van der Waals surface area contributed by atoms with Crippen molar-refractivity contribution < 1.29 is 9.53 Å². The van der Waals surface area contributed by atoms with Gasteiger partial charge in [-0.3, -0.25) is 4.90 Å². The number of nitrogens with zero attached hydrogens (tertiary/aromatic N) is 1. The molecule has 0 aromatic heterocycles. The van der Waals surface area contributed by atoms with E-state index in [1.54, 1.807) is 0 Å². The van der Waals surface area contributed by atoms with Crippen LogP contribution in [-0.2, 0) is 4.74 Å². The van der Waals surface area contributed by atoms with Gasteiger partial charge >= 0.3 is 6.03 Å². The third-order valence-corrected chi connectivity index (χ3v) is 4.34. The van der Waals surface area contributed by atoms with Crippen LogP contribution in [0.15, 0.2) is 0 Å². The minimum Gasteiger partial charge on any atom is -0.354 e. The minimum atomic E-state index is -0.00264. The summed E-state index contributed by atoms with van der Waals surface area (Å²) in [7, 11) is 0. The van der Waals surface area contributed by atoms with E-state index in [4.69, 9.17) is 4.74 Å². The lowest BCUT2D eigenvalue weighted by molar-refractivity contribution is -0.0376. The molecule has 5 heteroatoms. The molecule has 0 aromatic rings. The SMILES string of the molecule is CC[C@H]1O[C@@H](N2CCCNC2=O)CC1I. The molecule has 0 aromatic carbocycles. The molecule has 2 aliphatic heterocycles. The van der Waals surface area contributed by atoms with E-state index in [0.717, 1.165) is 32.4 Å². The summed E-state index contributed by atoms with van der Waals surface area (Å²) in [6.07, 6.45) is 3.32. The van der Waals surface area contributed by atoms with E-state index in [1.165, 1.54) is 0 Å².